The number of benzene rings is 2. The van der Waals surface area contributed by atoms with Gasteiger partial charge in [-0.15, -0.1) is 11.8 Å². The van der Waals surface area contributed by atoms with Gasteiger partial charge < -0.3 is 5.32 Å². The van der Waals surface area contributed by atoms with Crippen LogP contribution in [0.15, 0.2) is 53.4 Å². The zero-order chi connectivity index (χ0) is 20.2. The van der Waals surface area contributed by atoms with E-state index in [1.165, 1.54) is 40.8 Å². The number of amides is 1. The van der Waals surface area contributed by atoms with E-state index in [-0.39, 0.29) is 5.91 Å². The number of hydrogen-bond acceptors (Lipinski definition) is 3. The third-order valence-corrected chi connectivity index (χ3v) is 6.60. The van der Waals surface area contributed by atoms with E-state index in [2.05, 4.69) is 47.7 Å². The Morgan fingerprint density at radius 3 is 2.72 bits per heavy atom. The van der Waals surface area contributed by atoms with E-state index in [1.807, 2.05) is 29.8 Å². The van der Waals surface area contributed by atoms with Crippen molar-refractivity contribution in [2.24, 2.45) is 0 Å². The van der Waals surface area contributed by atoms with E-state index in [4.69, 9.17) is 0 Å². The minimum atomic E-state index is 0.0603. The van der Waals surface area contributed by atoms with Crippen LogP contribution in [-0.2, 0) is 30.7 Å². The van der Waals surface area contributed by atoms with Crippen molar-refractivity contribution in [1.82, 2.24) is 15.1 Å². The average molecular weight is 406 g/mol. The van der Waals surface area contributed by atoms with Crippen molar-refractivity contribution in [3.63, 3.8) is 0 Å². The Hall–Kier alpha value is -2.53. The Labute approximate surface area is 176 Å². The number of fused-ring (bicyclic) bond motifs is 1. The molecule has 1 aliphatic rings. The summed E-state index contributed by atoms with van der Waals surface area (Å²) in [5.41, 5.74) is 7.34. The van der Waals surface area contributed by atoms with Crippen LogP contribution in [0.4, 0.5) is 0 Å². The Balaban J connectivity index is 1.32. The second-order valence-electron chi connectivity index (χ2n) is 7.64. The molecule has 2 aromatic carbocycles. The molecule has 5 heteroatoms. The molecule has 1 aromatic heterocycles. The lowest BCUT2D eigenvalue weighted by atomic mass is 10.1. The van der Waals surface area contributed by atoms with Crippen molar-refractivity contribution in [2.75, 3.05) is 5.75 Å². The quantitative estimate of drug-likeness (QED) is 0.591. The molecular weight excluding hydrogens is 378 g/mol. The van der Waals surface area contributed by atoms with Crippen molar-refractivity contribution < 1.29 is 4.79 Å². The monoisotopic (exact) mass is 405 g/mol. The molecule has 1 aliphatic carbocycles. The van der Waals surface area contributed by atoms with Crippen LogP contribution in [0.2, 0.25) is 0 Å². The summed E-state index contributed by atoms with van der Waals surface area (Å²) in [5.74, 6) is 0.500. The van der Waals surface area contributed by atoms with Gasteiger partial charge in [-0.3, -0.25) is 9.48 Å². The van der Waals surface area contributed by atoms with Crippen LogP contribution in [0.3, 0.4) is 0 Å². The highest BCUT2D eigenvalue weighted by atomic mass is 32.2. The molecule has 0 aliphatic heterocycles. The summed E-state index contributed by atoms with van der Waals surface area (Å²) in [5, 5.41) is 7.74. The molecule has 3 aromatic rings. The fraction of sp³-hybridized carbons (Fsp3) is 0.333. The lowest BCUT2D eigenvalue weighted by molar-refractivity contribution is -0.118. The molecule has 0 bridgehead atoms. The van der Waals surface area contributed by atoms with Gasteiger partial charge in [0.05, 0.1) is 18.0 Å². The first-order valence-corrected chi connectivity index (χ1v) is 11.2. The second-order valence-corrected chi connectivity index (χ2v) is 8.69. The maximum Gasteiger partial charge on any atom is 0.230 e. The molecule has 0 saturated carbocycles. The fourth-order valence-electron chi connectivity index (χ4n) is 3.93. The van der Waals surface area contributed by atoms with Gasteiger partial charge in [-0.1, -0.05) is 36.4 Å². The zero-order valence-corrected chi connectivity index (χ0v) is 17.9. The standard InChI is InChI=1S/C24H27N3OS/c1-17-23(18(2)27(26-17)15-19-7-4-3-5-8-19)14-25-24(28)16-29-22-12-11-20-9-6-10-21(20)13-22/h3-5,7-8,11-13H,6,9-10,14-16H2,1-2H3,(H,25,28). The molecule has 29 heavy (non-hydrogen) atoms. The van der Waals surface area contributed by atoms with Gasteiger partial charge in [0.2, 0.25) is 5.91 Å². The summed E-state index contributed by atoms with van der Waals surface area (Å²) in [4.78, 5) is 13.6. The van der Waals surface area contributed by atoms with E-state index in [0.717, 1.165) is 23.5 Å². The normalized spacial score (nSPS) is 12.8. The summed E-state index contributed by atoms with van der Waals surface area (Å²) >= 11 is 1.61. The molecule has 1 amide bonds. The van der Waals surface area contributed by atoms with E-state index < -0.39 is 0 Å². The van der Waals surface area contributed by atoms with Crippen molar-refractivity contribution >= 4 is 17.7 Å². The molecule has 4 rings (SSSR count). The molecule has 0 unspecified atom stereocenters. The fourth-order valence-corrected chi connectivity index (χ4v) is 4.71. The van der Waals surface area contributed by atoms with Crippen LogP contribution >= 0.6 is 11.8 Å². The van der Waals surface area contributed by atoms with Crippen LogP contribution < -0.4 is 5.32 Å². The summed E-state index contributed by atoms with van der Waals surface area (Å²) in [6, 6.07) is 16.9. The van der Waals surface area contributed by atoms with E-state index >= 15 is 0 Å². The Bertz CT molecular complexity index is 1010. The molecule has 150 valence electrons. The molecule has 4 nitrogen and oxygen atoms in total. The second kappa shape index (κ2) is 8.87. The highest BCUT2D eigenvalue weighted by Crippen LogP contribution is 2.27. The van der Waals surface area contributed by atoms with Gasteiger partial charge >= 0.3 is 0 Å². The van der Waals surface area contributed by atoms with Crippen LogP contribution in [0.5, 0.6) is 0 Å². The van der Waals surface area contributed by atoms with Crippen molar-refractivity contribution in [3.05, 3.63) is 82.2 Å². The number of rotatable bonds is 7. The van der Waals surface area contributed by atoms with E-state index in [0.29, 0.717) is 12.3 Å². The van der Waals surface area contributed by atoms with Gasteiger partial charge in [0.15, 0.2) is 0 Å². The molecule has 1 heterocycles. The molecule has 1 N–H and O–H groups in total. The summed E-state index contributed by atoms with van der Waals surface area (Å²) in [6.45, 7) is 5.35. The van der Waals surface area contributed by atoms with Gasteiger partial charge in [-0.25, -0.2) is 0 Å². The van der Waals surface area contributed by atoms with Crippen LogP contribution in [0.25, 0.3) is 0 Å². The summed E-state index contributed by atoms with van der Waals surface area (Å²) in [7, 11) is 0. The topological polar surface area (TPSA) is 46.9 Å². The van der Waals surface area contributed by atoms with Crippen molar-refractivity contribution in [3.8, 4) is 0 Å². The number of carbonyl (C=O) groups excluding carboxylic acids is 1. The average Bonchev–Trinajstić information content (AvgIpc) is 3.30. The number of carbonyl (C=O) groups is 1. The van der Waals surface area contributed by atoms with Crippen LogP contribution in [0.1, 0.15) is 40.1 Å². The SMILES string of the molecule is Cc1nn(Cc2ccccc2)c(C)c1CNC(=O)CSc1ccc2c(c1)CCC2. The Morgan fingerprint density at radius 1 is 1.10 bits per heavy atom. The minimum absolute atomic E-state index is 0.0603. The van der Waals surface area contributed by atoms with Crippen LogP contribution in [-0.4, -0.2) is 21.4 Å². The van der Waals surface area contributed by atoms with Gasteiger partial charge in [0.1, 0.15) is 0 Å². The number of aryl methyl sites for hydroxylation is 3. The third-order valence-electron chi connectivity index (χ3n) is 5.61. The van der Waals surface area contributed by atoms with E-state index in [9.17, 15) is 4.79 Å². The summed E-state index contributed by atoms with van der Waals surface area (Å²) in [6.07, 6.45) is 3.61. The molecule has 0 saturated heterocycles. The molecule has 0 fully saturated rings. The van der Waals surface area contributed by atoms with E-state index in [1.54, 1.807) is 11.8 Å². The minimum Gasteiger partial charge on any atom is -0.351 e. The van der Waals surface area contributed by atoms with Crippen molar-refractivity contribution in [2.45, 2.75) is 51.1 Å². The Morgan fingerprint density at radius 2 is 1.90 bits per heavy atom. The van der Waals surface area contributed by atoms with Gasteiger partial charge in [0.25, 0.3) is 0 Å². The van der Waals surface area contributed by atoms with Crippen molar-refractivity contribution in [1.29, 1.82) is 0 Å². The Kier molecular flexibility index (Phi) is 6.05. The number of aromatic nitrogens is 2. The first kappa shape index (κ1) is 19.8. The first-order valence-electron chi connectivity index (χ1n) is 10.2. The number of hydrogen-bond donors (Lipinski definition) is 1. The first-order chi connectivity index (χ1) is 14.1. The maximum atomic E-state index is 12.4. The highest BCUT2D eigenvalue weighted by molar-refractivity contribution is 8.00. The maximum absolute atomic E-state index is 12.4. The van der Waals surface area contributed by atoms with Gasteiger partial charge in [0, 0.05) is 22.7 Å². The van der Waals surface area contributed by atoms with Gasteiger partial charge in [-0.05, 0) is 61.9 Å². The summed E-state index contributed by atoms with van der Waals surface area (Å²) < 4.78 is 2.02. The predicted octanol–water partition coefficient (Wildman–Crippen LogP) is 4.45. The third kappa shape index (κ3) is 4.73. The number of thioether (sulfide) groups is 1. The lowest BCUT2D eigenvalue weighted by Gasteiger charge is -2.08. The molecule has 0 radical (unpaired) electrons. The lowest BCUT2D eigenvalue weighted by Crippen LogP contribution is -2.25. The molecule has 0 atom stereocenters. The number of nitrogens with zero attached hydrogens (tertiary/aromatic N) is 2. The smallest absolute Gasteiger partial charge is 0.230 e. The highest BCUT2D eigenvalue weighted by Gasteiger charge is 2.14. The van der Waals surface area contributed by atoms with Crippen LogP contribution in [0, 0.1) is 13.8 Å². The molecule has 0 spiro atoms. The predicted molar refractivity (Wildman–Crippen MR) is 118 cm³/mol. The van der Waals surface area contributed by atoms with Gasteiger partial charge in [-0.2, -0.15) is 5.10 Å². The number of nitrogens with one attached hydrogen (secondary N) is 1. The largest absolute Gasteiger partial charge is 0.351 e. The molecular formula is C24H27N3OS. The zero-order valence-electron chi connectivity index (χ0n) is 17.1.